The highest BCUT2D eigenvalue weighted by molar-refractivity contribution is 5.46. The molecule has 2 aromatic rings. The predicted molar refractivity (Wildman–Crippen MR) is 60.0 cm³/mol. The van der Waals surface area contributed by atoms with Crippen LogP contribution in [0.2, 0.25) is 0 Å². The summed E-state index contributed by atoms with van der Waals surface area (Å²) in [6, 6.07) is 6.23. The van der Waals surface area contributed by atoms with Gasteiger partial charge in [-0.1, -0.05) is 17.3 Å². The number of aryl methyl sites for hydroxylation is 2. The summed E-state index contributed by atoms with van der Waals surface area (Å²) in [5.74, 6) is 0.482. The van der Waals surface area contributed by atoms with Gasteiger partial charge in [-0.2, -0.15) is 0 Å². The fourth-order valence-electron chi connectivity index (χ4n) is 1.52. The Hall–Kier alpha value is -1.84. The predicted octanol–water partition coefficient (Wildman–Crippen LogP) is 1.77. The number of rotatable bonds is 1. The highest BCUT2D eigenvalue weighted by Crippen LogP contribution is 2.18. The lowest BCUT2D eigenvalue weighted by molar-refractivity contribution is 0.780. The molecule has 0 atom stereocenters. The van der Waals surface area contributed by atoms with Crippen molar-refractivity contribution in [2.75, 3.05) is 5.73 Å². The molecule has 0 aliphatic heterocycles. The molecule has 1 aromatic carbocycles. The number of hydrogen-bond donors (Lipinski definition) is 1. The second-order valence-corrected chi connectivity index (χ2v) is 3.76. The molecule has 0 aliphatic carbocycles. The van der Waals surface area contributed by atoms with Crippen LogP contribution in [0.25, 0.3) is 5.69 Å². The van der Waals surface area contributed by atoms with Crippen molar-refractivity contribution >= 4 is 5.82 Å². The van der Waals surface area contributed by atoms with Gasteiger partial charge < -0.3 is 5.73 Å². The Kier molecular flexibility index (Phi) is 2.19. The van der Waals surface area contributed by atoms with E-state index in [0.717, 1.165) is 16.9 Å². The summed E-state index contributed by atoms with van der Waals surface area (Å²) in [5.41, 5.74) is 9.95. The molecule has 0 unspecified atom stereocenters. The SMILES string of the molecule is Cc1ccc(C)c(-n2nnc(N)c2C)c1. The molecule has 4 nitrogen and oxygen atoms in total. The fraction of sp³-hybridized carbons (Fsp3) is 0.273. The van der Waals surface area contributed by atoms with Crippen LogP contribution in [0.15, 0.2) is 18.2 Å². The molecule has 0 spiro atoms. The van der Waals surface area contributed by atoms with Crippen LogP contribution >= 0.6 is 0 Å². The lowest BCUT2D eigenvalue weighted by atomic mass is 10.1. The largest absolute Gasteiger partial charge is 0.381 e. The van der Waals surface area contributed by atoms with E-state index in [4.69, 9.17) is 5.73 Å². The Labute approximate surface area is 88.7 Å². The lowest BCUT2D eigenvalue weighted by Crippen LogP contribution is -2.02. The Bertz CT molecular complexity index is 499. The van der Waals surface area contributed by atoms with E-state index in [-0.39, 0.29) is 0 Å². The van der Waals surface area contributed by atoms with Crippen LogP contribution in [0.5, 0.6) is 0 Å². The normalized spacial score (nSPS) is 10.6. The molecule has 0 saturated heterocycles. The van der Waals surface area contributed by atoms with Gasteiger partial charge in [0.2, 0.25) is 0 Å². The Morgan fingerprint density at radius 2 is 1.93 bits per heavy atom. The van der Waals surface area contributed by atoms with Gasteiger partial charge in [-0.25, -0.2) is 4.68 Å². The van der Waals surface area contributed by atoms with E-state index in [1.165, 1.54) is 5.56 Å². The average Bonchev–Trinajstić information content (AvgIpc) is 2.52. The van der Waals surface area contributed by atoms with Crippen LogP contribution in [0.3, 0.4) is 0 Å². The molecule has 15 heavy (non-hydrogen) atoms. The molecular weight excluding hydrogens is 188 g/mol. The third kappa shape index (κ3) is 1.58. The number of anilines is 1. The topological polar surface area (TPSA) is 56.7 Å². The van der Waals surface area contributed by atoms with Crippen LogP contribution < -0.4 is 5.73 Å². The first-order chi connectivity index (χ1) is 7.09. The summed E-state index contributed by atoms with van der Waals surface area (Å²) < 4.78 is 1.78. The highest BCUT2D eigenvalue weighted by Gasteiger charge is 2.08. The van der Waals surface area contributed by atoms with Gasteiger partial charge in [-0.3, -0.25) is 0 Å². The minimum absolute atomic E-state index is 0.482. The van der Waals surface area contributed by atoms with Crippen molar-refractivity contribution in [3.05, 3.63) is 35.0 Å². The van der Waals surface area contributed by atoms with Gasteiger partial charge in [0.1, 0.15) is 0 Å². The summed E-state index contributed by atoms with van der Waals surface area (Å²) in [6.07, 6.45) is 0. The molecule has 2 rings (SSSR count). The molecule has 0 fully saturated rings. The molecule has 1 aromatic heterocycles. The van der Waals surface area contributed by atoms with Crippen molar-refractivity contribution in [1.82, 2.24) is 15.0 Å². The molecule has 0 radical (unpaired) electrons. The van der Waals surface area contributed by atoms with Crippen molar-refractivity contribution in [2.45, 2.75) is 20.8 Å². The monoisotopic (exact) mass is 202 g/mol. The Morgan fingerprint density at radius 3 is 2.53 bits per heavy atom. The van der Waals surface area contributed by atoms with Gasteiger partial charge in [0.15, 0.2) is 5.82 Å². The van der Waals surface area contributed by atoms with Crippen molar-refractivity contribution in [3.63, 3.8) is 0 Å². The zero-order chi connectivity index (χ0) is 11.0. The lowest BCUT2D eigenvalue weighted by Gasteiger charge is -2.07. The van der Waals surface area contributed by atoms with Crippen molar-refractivity contribution in [1.29, 1.82) is 0 Å². The third-order valence-electron chi connectivity index (χ3n) is 2.52. The minimum Gasteiger partial charge on any atom is -0.381 e. The first kappa shape index (κ1) is 9.71. The number of hydrogen-bond acceptors (Lipinski definition) is 3. The Morgan fingerprint density at radius 1 is 1.20 bits per heavy atom. The zero-order valence-corrected chi connectivity index (χ0v) is 9.15. The van der Waals surface area contributed by atoms with Crippen molar-refractivity contribution in [3.8, 4) is 5.69 Å². The molecule has 0 bridgehead atoms. The molecule has 1 heterocycles. The highest BCUT2D eigenvalue weighted by atomic mass is 15.4. The van der Waals surface area contributed by atoms with Gasteiger partial charge in [0, 0.05) is 0 Å². The Balaban J connectivity index is 2.63. The van der Waals surface area contributed by atoms with Crippen LogP contribution in [0.1, 0.15) is 16.8 Å². The number of nitrogens with zero attached hydrogens (tertiary/aromatic N) is 3. The number of benzene rings is 1. The molecule has 4 heteroatoms. The first-order valence-electron chi connectivity index (χ1n) is 4.85. The van der Waals surface area contributed by atoms with Crippen molar-refractivity contribution < 1.29 is 0 Å². The maximum atomic E-state index is 5.67. The van der Waals surface area contributed by atoms with E-state index in [0.29, 0.717) is 5.82 Å². The van der Waals surface area contributed by atoms with Gasteiger partial charge in [0.05, 0.1) is 11.4 Å². The molecule has 0 amide bonds. The molecular formula is C11H14N4. The minimum atomic E-state index is 0.482. The van der Waals surface area contributed by atoms with Crippen molar-refractivity contribution in [2.24, 2.45) is 0 Å². The van der Waals surface area contributed by atoms with Crippen LogP contribution in [0, 0.1) is 20.8 Å². The summed E-state index contributed by atoms with van der Waals surface area (Å²) in [5, 5.41) is 7.88. The number of nitrogen functional groups attached to an aromatic ring is 1. The summed E-state index contributed by atoms with van der Waals surface area (Å²) in [4.78, 5) is 0. The van der Waals surface area contributed by atoms with Crippen LogP contribution in [0.4, 0.5) is 5.82 Å². The van der Waals surface area contributed by atoms with Crippen LogP contribution in [-0.2, 0) is 0 Å². The van der Waals surface area contributed by atoms with E-state index in [2.05, 4.69) is 35.4 Å². The zero-order valence-electron chi connectivity index (χ0n) is 9.15. The maximum Gasteiger partial charge on any atom is 0.169 e. The summed E-state index contributed by atoms with van der Waals surface area (Å²) in [7, 11) is 0. The van der Waals surface area contributed by atoms with Crippen LogP contribution in [-0.4, -0.2) is 15.0 Å². The van der Waals surface area contributed by atoms with E-state index < -0.39 is 0 Å². The maximum absolute atomic E-state index is 5.67. The van der Waals surface area contributed by atoms with E-state index in [9.17, 15) is 0 Å². The number of nitrogens with two attached hydrogens (primary N) is 1. The standard InChI is InChI=1S/C11H14N4/c1-7-4-5-8(2)10(6-7)15-9(3)11(12)13-14-15/h4-6H,12H2,1-3H3. The van der Waals surface area contributed by atoms with E-state index in [1.807, 2.05) is 13.8 Å². The van der Waals surface area contributed by atoms with Gasteiger partial charge in [-0.05, 0) is 38.0 Å². The second-order valence-electron chi connectivity index (χ2n) is 3.76. The third-order valence-corrected chi connectivity index (χ3v) is 2.52. The van der Waals surface area contributed by atoms with E-state index >= 15 is 0 Å². The molecule has 2 N–H and O–H groups in total. The second kappa shape index (κ2) is 3.38. The molecule has 0 aliphatic rings. The average molecular weight is 202 g/mol. The quantitative estimate of drug-likeness (QED) is 0.766. The smallest absolute Gasteiger partial charge is 0.169 e. The molecule has 78 valence electrons. The van der Waals surface area contributed by atoms with Gasteiger partial charge in [-0.15, -0.1) is 5.10 Å². The molecule has 0 saturated carbocycles. The summed E-state index contributed by atoms with van der Waals surface area (Å²) >= 11 is 0. The first-order valence-corrected chi connectivity index (χ1v) is 4.85. The summed E-state index contributed by atoms with van der Waals surface area (Å²) in [6.45, 7) is 6.02. The van der Waals surface area contributed by atoms with E-state index in [1.54, 1.807) is 4.68 Å². The fourth-order valence-corrected chi connectivity index (χ4v) is 1.52. The number of aromatic nitrogens is 3. The van der Waals surface area contributed by atoms with Gasteiger partial charge in [0.25, 0.3) is 0 Å². The van der Waals surface area contributed by atoms with Gasteiger partial charge >= 0.3 is 0 Å².